The predicted molar refractivity (Wildman–Crippen MR) is 92.0 cm³/mol. The fourth-order valence-corrected chi connectivity index (χ4v) is 3.11. The van der Waals surface area contributed by atoms with Crippen molar-refractivity contribution in [3.8, 4) is 0 Å². The summed E-state index contributed by atoms with van der Waals surface area (Å²) >= 11 is 0. The topological polar surface area (TPSA) is 78.3 Å². The highest BCUT2D eigenvalue weighted by molar-refractivity contribution is 5.92. The van der Waals surface area contributed by atoms with Crippen LogP contribution in [0.15, 0.2) is 30.5 Å². The number of rotatable bonds is 8. The van der Waals surface area contributed by atoms with Gasteiger partial charge < -0.3 is 14.8 Å². The standard InChI is InChI=1S/C18H24N4O3/c1-3-24-17(25-4-2)12-22-11-16(20-21-22)18(23)19-15-10-9-13-7-5-6-8-14(13)15/h5-8,11,15,17H,3-4,9-10,12H2,1-2H3,(H,19,23)/t15-/m0/s1. The second kappa shape index (κ2) is 8.22. The minimum Gasteiger partial charge on any atom is -0.351 e. The fourth-order valence-electron chi connectivity index (χ4n) is 3.11. The van der Waals surface area contributed by atoms with E-state index in [2.05, 4.69) is 27.8 Å². The third-order valence-electron chi connectivity index (χ3n) is 4.25. The molecular formula is C18H24N4O3. The quantitative estimate of drug-likeness (QED) is 0.742. The highest BCUT2D eigenvalue weighted by Gasteiger charge is 2.25. The van der Waals surface area contributed by atoms with E-state index in [0.29, 0.717) is 25.5 Å². The Kier molecular flexibility index (Phi) is 5.78. The molecule has 0 saturated heterocycles. The van der Waals surface area contributed by atoms with Gasteiger partial charge in [0.25, 0.3) is 5.91 Å². The van der Waals surface area contributed by atoms with Crippen LogP contribution in [0.3, 0.4) is 0 Å². The minimum absolute atomic E-state index is 0.0356. The summed E-state index contributed by atoms with van der Waals surface area (Å²) in [6, 6.07) is 8.25. The molecule has 1 aromatic carbocycles. The summed E-state index contributed by atoms with van der Waals surface area (Å²) < 4.78 is 12.6. The predicted octanol–water partition coefficient (Wildman–Crippen LogP) is 2.09. The number of ether oxygens (including phenoxy) is 2. The van der Waals surface area contributed by atoms with Gasteiger partial charge >= 0.3 is 0 Å². The molecule has 25 heavy (non-hydrogen) atoms. The molecule has 134 valence electrons. The van der Waals surface area contributed by atoms with Crippen molar-refractivity contribution in [3.63, 3.8) is 0 Å². The first-order valence-corrected chi connectivity index (χ1v) is 8.73. The summed E-state index contributed by atoms with van der Waals surface area (Å²) in [6.07, 6.45) is 3.13. The number of benzene rings is 1. The molecule has 1 amide bonds. The van der Waals surface area contributed by atoms with Crippen LogP contribution in [0.25, 0.3) is 0 Å². The van der Waals surface area contributed by atoms with Crippen LogP contribution < -0.4 is 5.32 Å². The molecule has 0 fully saturated rings. The molecule has 1 N–H and O–H groups in total. The minimum atomic E-state index is -0.394. The highest BCUT2D eigenvalue weighted by Crippen LogP contribution is 2.30. The number of amides is 1. The monoisotopic (exact) mass is 344 g/mol. The van der Waals surface area contributed by atoms with E-state index in [1.165, 1.54) is 11.1 Å². The Morgan fingerprint density at radius 1 is 1.32 bits per heavy atom. The Morgan fingerprint density at radius 3 is 2.84 bits per heavy atom. The number of hydrogen-bond donors (Lipinski definition) is 1. The van der Waals surface area contributed by atoms with Crippen molar-refractivity contribution in [1.82, 2.24) is 20.3 Å². The van der Waals surface area contributed by atoms with Crippen molar-refractivity contribution < 1.29 is 14.3 Å². The first-order chi connectivity index (χ1) is 12.2. The zero-order chi connectivity index (χ0) is 17.6. The number of aryl methyl sites for hydroxylation is 1. The summed E-state index contributed by atoms with van der Waals surface area (Å²) in [5.41, 5.74) is 2.79. The second-order valence-electron chi connectivity index (χ2n) is 5.93. The summed E-state index contributed by atoms with van der Waals surface area (Å²) in [5, 5.41) is 11.0. The molecule has 2 aromatic rings. The fraction of sp³-hybridized carbons (Fsp3) is 0.500. The lowest BCUT2D eigenvalue weighted by molar-refractivity contribution is -0.145. The lowest BCUT2D eigenvalue weighted by atomic mass is 10.1. The van der Waals surface area contributed by atoms with Gasteiger partial charge in [0.15, 0.2) is 12.0 Å². The van der Waals surface area contributed by atoms with Crippen molar-refractivity contribution in [2.75, 3.05) is 13.2 Å². The second-order valence-corrected chi connectivity index (χ2v) is 5.93. The number of carbonyl (C=O) groups is 1. The van der Waals surface area contributed by atoms with E-state index in [0.717, 1.165) is 12.8 Å². The summed E-state index contributed by atoms with van der Waals surface area (Å²) in [5.74, 6) is -0.211. The third kappa shape index (κ3) is 4.24. The van der Waals surface area contributed by atoms with E-state index >= 15 is 0 Å². The van der Waals surface area contributed by atoms with Crippen LogP contribution >= 0.6 is 0 Å². The van der Waals surface area contributed by atoms with Gasteiger partial charge in [-0.25, -0.2) is 4.68 Å². The summed E-state index contributed by atoms with van der Waals surface area (Å²) in [7, 11) is 0. The van der Waals surface area contributed by atoms with E-state index < -0.39 is 6.29 Å². The molecule has 0 radical (unpaired) electrons. The van der Waals surface area contributed by atoms with Crippen molar-refractivity contribution in [3.05, 3.63) is 47.3 Å². The largest absolute Gasteiger partial charge is 0.351 e. The zero-order valence-corrected chi connectivity index (χ0v) is 14.6. The van der Waals surface area contributed by atoms with Gasteiger partial charge in [0.2, 0.25) is 0 Å². The molecule has 1 aliphatic carbocycles. The molecule has 7 heteroatoms. The van der Waals surface area contributed by atoms with E-state index in [-0.39, 0.29) is 11.9 Å². The first kappa shape index (κ1) is 17.6. The number of nitrogens with one attached hydrogen (secondary N) is 1. The normalized spacial score (nSPS) is 16.2. The molecule has 7 nitrogen and oxygen atoms in total. The number of aromatic nitrogens is 3. The van der Waals surface area contributed by atoms with Crippen molar-refractivity contribution in [1.29, 1.82) is 0 Å². The summed E-state index contributed by atoms with van der Waals surface area (Å²) in [4.78, 5) is 12.5. The molecule has 0 spiro atoms. The van der Waals surface area contributed by atoms with Crippen LogP contribution in [0.4, 0.5) is 0 Å². The van der Waals surface area contributed by atoms with Gasteiger partial charge in [0, 0.05) is 13.2 Å². The molecule has 1 heterocycles. The Morgan fingerprint density at radius 2 is 2.08 bits per heavy atom. The van der Waals surface area contributed by atoms with Gasteiger partial charge in [-0.1, -0.05) is 29.5 Å². The molecule has 0 saturated carbocycles. The summed E-state index contributed by atoms with van der Waals surface area (Å²) in [6.45, 7) is 5.31. The molecular weight excluding hydrogens is 320 g/mol. The molecule has 0 bridgehead atoms. The zero-order valence-electron chi connectivity index (χ0n) is 14.6. The number of fused-ring (bicyclic) bond motifs is 1. The van der Waals surface area contributed by atoms with Gasteiger partial charge in [0.05, 0.1) is 18.8 Å². The SMILES string of the molecule is CCOC(Cn1cc(C(=O)N[C@H]2CCc3ccccc32)nn1)OCC. The lowest BCUT2D eigenvalue weighted by Gasteiger charge is -2.16. The number of carbonyl (C=O) groups excluding carboxylic acids is 1. The number of hydrogen-bond acceptors (Lipinski definition) is 5. The molecule has 1 aromatic heterocycles. The average Bonchev–Trinajstić information content (AvgIpc) is 3.23. The molecule has 3 rings (SSSR count). The van der Waals surface area contributed by atoms with Gasteiger partial charge in [-0.3, -0.25) is 4.79 Å². The number of nitrogens with zero attached hydrogens (tertiary/aromatic N) is 3. The van der Waals surface area contributed by atoms with Crippen LogP contribution in [0.2, 0.25) is 0 Å². The van der Waals surface area contributed by atoms with E-state index in [1.807, 2.05) is 26.0 Å². The van der Waals surface area contributed by atoms with E-state index in [9.17, 15) is 4.79 Å². The lowest BCUT2D eigenvalue weighted by Crippen LogP contribution is -2.27. The van der Waals surface area contributed by atoms with Crippen molar-refractivity contribution in [2.24, 2.45) is 0 Å². The molecule has 0 aliphatic heterocycles. The highest BCUT2D eigenvalue weighted by atomic mass is 16.7. The van der Waals surface area contributed by atoms with Crippen LogP contribution in [0.5, 0.6) is 0 Å². The van der Waals surface area contributed by atoms with E-state index in [4.69, 9.17) is 9.47 Å². The van der Waals surface area contributed by atoms with Crippen LogP contribution in [-0.2, 0) is 22.4 Å². The molecule has 1 atom stereocenters. The first-order valence-electron chi connectivity index (χ1n) is 8.73. The maximum absolute atomic E-state index is 12.5. The average molecular weight is 344 g/mol. The molecule has 1 aliphatic rings. The van der Waals surface area contributed by atoms with Gasteiger partial charge in [-0.15, -0.1) is 5.10 Å². The van der Waals surface area contributed by atoms with Crippen LogP contribution in [0.1, 0.15) is 47.9 Å². The van der Waals surface area contributed by atoms with Crippen LogP contribution in [-0.4, -0.2) is 40.4 Å². The van der Waals surface area contributed by atoms with Crippen molar-refractivity contribution >= 4 is 5.91 Å². The maximum Gasteiger partial charge on any atom is 0.273 e. The van der Waals surface area contributed by atoms with Crippen LogP contribution in [0, 0.1) is 0 Å². The van der Waals surface area contributed by atoms with Crippen molar-refractivity contribution in [2.45, 2.75) is 45.6 Å². The Balaban J connectivity index is 1.61. The van der Waals surface area contributed by atoms with Gasteiger partial charge in [0.1, 0.15) is 0 Å². The maximum atomic E-state index is 12.5. The Bertz CT molecular complexity index is 710. The van der Waals surface area contributed by atoms with Gasteiger partial charge in [-0.05, 0) is 37.8 Å². The smallest absolute Gasteiger partial charge is 0.273 e. The Labute approximate surface area is 147 Å². The third-order valence-corrected chi connectivity index (χ3v) is 4.25. The Hall–Kier alpha value is -2.25. The van der Waals surface area contributed by atoms with E-state index in [1.54, 1.807) is 10.9 Å². The van der Waals surface area contributed by atoms with Gasteiger partial charge in [-0.2, -0.15) is 0 Å². The molecule has 0 unspecified atom stereocenters.